The second-order valence-corrected chi connectivity index (χ2v) is 3.86. The Labute approximate surface area is 96.9 Å². The lowest BCUT2D eigenvalue weighted by atomic mass is 10.1. The summed E-state index contributed by atoms with van der Waals surface area (Å²) in [5, 5.41) is 0. The minimum atomic E-state index is -0.276. The summed E-state index contributed by atoms with van der Waals surface area (Å²) in [5.41, 5.74) is 3.45. The van der Waals surface area contributed by atoms with Gasteiger partial charge in [0.2, 0.25) is 0 Å². The van der Waals surface area contributed by atoms with Gasteiger partial charge in [0.05, 0.1) is 6.61 Å². The minimum absolute atomic E-state index is 0.276. The molecule has 0 aromatic heterocycles. The molecule has 0 saturated heterocycles. The smallest absolute Gasteiger partial charge is 0.330 e. The molecule has 0 bridgehead atoms. The maximum Gasteiger partial charge on any atom is 0.330 e. The second-order valence-electron chi connectivity index (χ2n) is 3.86. The Morgan fingerprint density at radius 2 is 2.12 bits per heavy atom. The first-order valence-corrected chi connectivity index (χ1v) is 5.55. The van der Waals surface area contributed by atoms with Gasteiger partial charge in [-0.1, -0.05) is 30.7 Å². The number of aryl methyl sites for hydroxylation is 2. The highest BCUT2D eigenvalue weighted by molar-refractivity contribution is 5.87. The molecule has 86 valence electrons. The summed E-state index contributed by atoms with van der Waals surface area (Å²) in [6, 6.07) is 6.13. The van der Waals surface area contributed by atoms with Crippen molar-refractivity contribution in [2.75, 3.05) is 6.61 Å². The van der Waals surface area contributed by atoms with Crippen LogP contribution in [0, 0.1) is 13.8 Å². The van der Waals surface area contributed by atoms with Crippen molar-refractivity contribution in [3.63, 3.8) is 0 Å². The molecule has 0 aliphatic heterocycles. The fourth-order valence-corrected chi connectivity index (χ4v) is 1.42. The third-order valence-electron chi connectivity index (χ3n) is 2.27. The summed E-state index contributed by atoms with van der Waals surface area (Å²) >= 11 is 0. The number of rotatable bonds is 4. The summed E-state index contributed by atoms with van der Waals surface area (Å²) in [5.74, 6) is -0.276. The molecule has 0 saturated carbocycles. The van der Waals surface area contributed by atoms with Gasteiger partial charge in [0, 0.05) is 6.08 Å². The largest absolute Gasteiger partial charge is 0.463 e. The molecule has 0 aliphatic carbocycles. The third kappa shape index (κ3) is 3.89. The van der Waals surface area contributed by atoms with E-state index < -0.39 is 0 Å². The van der Waals surface area contributed by atoms with Gasteiger partial charge in [-0.3, -0.25) is 0 Å². The predicted molar refractivity (Wildman–Crippen MR) is 66.2 cm³/mol. The van der Waals surface area contributed by atoms with Crippen LogP contribution in [0.25, 0.3) is 6.08 Å². The van der Waals surface area contributed by atoms with E-state index in [2.05, 4.69) is 13.0 Å². The van der Waals surface area contributed by atoms with E-state index in [1.165, 1.54) is 17.2 Å². The third-order valence-corrected chi connectivity index (χ3v) is 2.27. The quantitative estimate of drug-likeness (QED) is 0.572. The highest BCUT2D eigenvalue weighted by Gasteiger charge is 1.97. The highest BCUT2D eigenvalue weighted by atomic mass is 16.5. The van der Waals surface area contributed by atoms with Gasteiger partial charge in [0.15, 0.2) is 0 Å². The lowest BCUT2D eigenvalue weighted by Gasteiger charge is -2.01. The zero-order chi connectivity index (χ0) is 12.0. The van der Waals surface area contributed by atoms with Crippen molar-refractivity contribution in [2.45, 2.75) is 27.2 Å². The molecule has 0 amide bonds. The van der Waals surface area contributed by atoms with Crippen LogP contribution in [0.15, 0.2) is 24.3 Å². The maximum atomic E-state index is 11.2. The number of hydrogen-bond donors (Lipinski definition) is 0. The molecule has 1 rings (SSSR count). The Bertz CT molecular complexity index is 392. The number of hydrogen-bond acceptors (Lipinski definition) is 2. The van der Waals surface area contributed by atoms with Crippen molar-refractivity contribution >= 4 is 12.0 Å². The van der Waals surface area contributed by atoms with Crippen molar-refractivity contribution in [1.29, 1.82) is 0 Å². The van der Waals surface area contributed by atoms with Crippen LogP contribution in [0.2, 0.25) is 0 Å². The molecular formula is C14H18O2. The molecule has 1 aromatic carbocycles. The molecule has 0 heterocycles. The molecule has 2 heteroatoms. The standard InChI is InChI=1S/C14H18O2/c1-4-9-16-14(15)8-7-13-6-5-11(2)10-12(13)3/h5-8,10H,4,9H2,1-3H3. The first kappa shape index (κ1) is 12.5. The van der Waals surface area contributed by atoms with Crippen LogP contribution in [0.3, 0.4) is 0 Å². The Hall–Kier alpha value is -1.57. The Kier molecular flexibility index (Phi) is 4.77. The molecular weight excluding hydrogens is 200 g/mol. The first-order valence-electron chi connectivity index (χ1n) is 5.55. The van der Waals surface area contributed by atoms with Crippen LogP contribution in [-0.4, -0.2) is 12.6 Å². The molecule has 0 fully saturated rings. The predicted octanol–water partition coefficient (Wildman–Crippen LogP) is 3.27. The van der Waals surface area contributed by atoms with E-state index in [4.69, 9.17) is 4.74 Å². The summed E-state index contributed by atoms with van der Waals surface area (Å²) in [4.78, 5) is 11.2. The van der Waals surface area contributed by atoms with Crippen molar-refractivity contribution in [3.8, 4) is 0 Å². The van der Waals surface area contributed by atoms with E-state index in [0.717, 1.165) is 12.0 Å². The molecule has 0 spiro atoms. The lowest BCUT2D eigenvalue weighted by molar-refractivity contribution is -0.137. The van der Waals surface area contributed by atoms with Gasteiger partial charge in [-0.2, -0.15) is 0 Å². The van der Waals surface area contributed by atoms with Crippen molar-refractivity contribution < 1.29 is 9.53 Å². The normalized spacial score (nSPS) is 10.7. The Balaban J connectivity index is 2.65. The van der Waals surface area contributed by atoms with E-state index in [0.29, 0.717) is 6.61 Å². The number of benzene rings is 1. The minimum Gasteiger partial charge on any atom is -0.463 e. The Morgan fingerprint density at radius 1 is 1.38 bits per heavy atom. The van der Waals surface area contributed by atoms with Gasteiger partial charge in [0.1, 0.15) is 0 Å². The number of carbonyl (C=O) groups excluding carboxylic acids is 1. The van der Waals surface area contributed by atoms with Crippen LogP contribution >= 0.6 is 0 Å². The van der Waals surface area contributed by atoms with Crippen LogP contribution in [0.5, 0.6) is 0 Å². The maximum absolute atomic E-state index is 11.2. The van der Waals surface area contributed by atoms with Crippen molar-refractivity contribution in [2.24, 2.45) is 0 Å². The number of esters is 1. The molecule has 0 radical (unpaired) electrons. The lowest BCUT2D eigenvalue weighted by Crippen LogP contribution is -2.00. The molecule has 0 atom stereocenters. The molecule has 0 aliphatic rings. The van der Waals surface area contributed by atoms with Crippen molar-refractivity contribution in [1.82, 2.24) is 0 Å². The molecule has 16 heavy (non-hydrogen) atoms. The number of ether oxygens (including phenoxy) is 1. The average molecular weight is 218 g/mol. The van der Waals surface area contributed by atoms with Crippen LogP contribution < -0.4 is 0 Å². The van der Waals surface area contributed by atoms with E-state index >= 15 is 0 Å². The SMILES string of the molecule is CCCOC(=O)C=Cc1ccc(C)cc1C. The van der Waals surface area contributed by atoms with Gasteiger partial charge in [0.25, 0.3) is 0 Å². The van der Waals surface area contributed by atoms with Gasteiger partial charge in [-0.05, 0) is 37.5 Å². The second kappa shape index (κ2) is 6.11. The highest BCUT2D eigenvalue weighted by Crippen LogP contribution is 2.12. The molecule has 2 nitrogen and oxygen atoms in total. The fraction of sp³-hybridized carbons (Fsp3) is 0.357. The first-order chi connectivity index (χ1) is 7.63. The average Bonchev–Trinajstić information content (AvgIpc) is 2.25. The summed E-state index contributed by atoms with van der Waals surface area (Å²) in [7, 11) is 0. The van der Waals surface area contributed by atoms with Crippen LogP contribution in [0.4, 0.5) is 0 Å². The fourth-order valence-electron chi connectivity index (χ4n) is 1.42. The van der Waals surface area contributed by atoms with Crippen LogP contribution in [-0.2, 0) is 9.53 Å². The summed E-state index contributed by atoms with van der Waals surface area (Å²) in [6.45, 7) is 6.54. The van der Waals surface area contributed by atoms with Gasteiger partial charge in [-0.15, -0.1) is 0 Å². The zero-order valence-corrected chi connectivity index (χ0v) is 10.1. The zero-order valence-electron chi connectivity index (χ0n) is 10.1. The van der Waals surface area contributed by atoms with Crippen LogP contribution in [0.1, 0.15) is 30.0 Å². The molecule has 0 N–H and O–H groups in total. The molecule has 0 unspecified atom stereocenters. The molecule has 1 aromatic rings. The van der Waals surface area contributed by atoms with E-state index in [9.17, 15) is 4.79 Å². The van der Waals surface area contributed by atoms with Crippen molar-refractivity contribution in [3.05, 3.63) is 41.0 Å². The monoisotopic (exact) mass is 218 g/mol. The topological polar surface area (TPSA) is 26.3 Å². The summed E-state index contributed by atoms with van der Waals surface area (Å²) < 4.78 is 4.95. The van der Waals surface area contributed by atoms with E-state index in [-0.39, 0.29) is 5.97 Å². The summed E-state index contributed by atoms with van der Waals surface area (Å²) in [6.07, 6.45) is 4.13. The van der Waals surface area contributed by atoms with E-state index in [1.54, 1.807) is 6.08 Å². The Morgan fingerprint density at radius 3 is 2.75 bits per heavy atom. The van der Waals surface area contributed by atoms with Gasteiger partial charge < -0.3 is 4.74 Å². The van der Waals surface area contributed by atoms with Gasteiger partial charge in [-0.25, -0.2) is 4.79 Å². The number of carbonyl (C=O) groups is 1. The van der Waals surface area contributed by atoms with E-state index in [1.807, 2.05) is 26.0 Å². The van der Waals surface area contributed by atoms with Gasteiger partial charge >= 0.3 is 5.97 Å².